The number of benzene rings is 2. The van der Waals surface area contributed by atoms with Gasteiger partial charge in [0.15, 0.2) is 5.82 Å². The lowest BCUT2D eigenvalue weighted by Crippen LogP contribution is -2.25. The van der Waals surface area contributed by atoms with Crippen LogP contribution < -0.4 is 16.8 Å². The van der Waals surface area contributed by atoms with Crippen molar-refractivity contribution in [3.05, 3.63) is 54.2 Å². The molecule has 28 heavy (non-hydrogen) atoms. The van der Waals surface area contributed by atoms with Gasteiger partial charge >= 0.3 is 0 Å². The van der Waals surface area contributed by atoms with Gasteiger partial charge in [0.2, 0.25) is 0 Å². The molecule has 2 heterocycles. The van der Waals surface area contributed by atoms with Crippen LogP contribution in [0.2, 0.25) is 0 Å². The van der Waals surface area contributed by atoms with Crippen molar-refractivity contribution in [1.29, 1.82) is 0 Å². The molecule has 4 rings (SSSR count). The average molecular weight is 375 g/mol. The van der Waals surface area contributed by atoms with Crippen LogP contribution in [-0.2, 0) is 0 Å². The Hall–Kier alpha value is -3.65. The Morgan fingerprint density at radius 1 is 1.18 bits per heavy atom. The number of amides is 1. The number of aromatic nitrogens is 4. The number of aromatic amines is 2. The van der Waals surface area contributed by atoms with E-state index in [0.29, 0.717) is 35.9 Å². The molecule has 0 unspecified atom stereocenters. The molecule has 8 nitrogen and oxygen atoms in total. The van der Waals surface area contributed by atoms with E-state index in [4.69, 9.17) is 11.5 Å². The van der Waals surface area contributed by atoms with Gasteiger partial charge in [-0.2, -0.15) is 5.10 Å². The third kappa shape index (κ3) is 3.45. The largest absolute Gasteiger partial charge is 0.399 e. The number of anilines is 1. The summed E-state index contributed by atoms with van der Waals surface area (Å²) in [7, 11) is 0. The summed E-state index contributed by atoms with van der Waals surface area (Å²) >= 11 is 0. The van der Waals surface area contributed by atoms with E-state index in [-0.39, 0.29) is 5.91 Å². The van der Waals surface area contributed by atoms with Gasteiger partial charge in [-0.25, -0.2) is 4.98 Å². The maximum absolute atomic E-state index is 12.3. The number of carbonyl (C=O) groups is 1. The minimum Gasteiger partial charge on any atom is -0.399 e. The third-order valence-corrected chi connectivity index (χ3v) is 4.49. The van der Waals surface area contributed by atoms with E-state index in [0.717, 1.165) is 28.6 Å². The maximum Gasteiger partial charge on any atom is 0.251 e. The molecule has 4 aromatic rings. The number of H-pyrrole nitrogens is 2. The summed E-state index contributed by atoms with van der Waals surface area (Å²) < 4.78 is 0. The molecule has 0 saturated heterocycles. The molecule has 1 amide bonds. The number of nitrogens with zero attached hydrogens (tertiary/aromatic N) is 2. The number of nitrogens with one attached hydrogen (secondary N) is 3. The summed E-state index contributed by atoms with van der Waals surface area (Å²) in [5.41, 5.74) is 15.9. The fourth-order valence-electron chi connectivity index (χ4n) is 3.04. The number of nitrogen functional groups attached to an aromatic ring is 1. The number of nitrogens with two attached hydrogens (primary N) is 2. The van der Waals surface area contributed by atoms with Crippen LogP contribution >= 0.6 is 0 Å². The smallest absolute Gasteiger partial charge is 0.251 e. The number of hydrogen-bond acceptors (Lipinski definition) is 5. The van der Waals surface area contributed by atoms with Crippen LogP contribution in [0.1, 0.15) is 16.8 Å². The van der Waals surface area contributed by atoms with E-state index < -0.39 is 0 Å². The Morgan fingerprint density at radius 3 is 2.89 bits per heavy atom. The van der Waals surface area contributed by atoms with Crippen molar-refractivity contribution in [2.75, 3.05) is 18.8 Å². The van der Waals surface area contributed by atoms with E-state index in [1.807, 2.05) is 36.4 Å². The van der Waals surface area contributed by atoms with Crippen LogP contribution in [0.5, 0.6) is 0 Å². The van der Waals surface area contributed by atoms with Gasteiger partial charge in [-0.3, -0.25) is 9.89 Å². The van der Waals surface area contributed by atoms with Crippen LogP contribution in [-0.4, -0.2) is 39.2 Å². The molecule has 0 saturated carbocycles. The summed E-state index contributed by atoms with van der Waals surface area (Å²) in [4.78, 5) is 20.1. The number of rotatable bonds is 6. The van der Waals surface area contributed by atoms with E-state index in [1.54, 1.807) is 12.3 Å². The van der Waals surface area contributed by atoms with Gasteiger partial charge < -0.3 is 21.8 Å². The molecule has 0 aliphatic rings. The quantitative estimate of drug-likeness (QED) is 0.260. The third-order valence-electron chi connectivity index (χ3n) is 4.49. The predicted octanol–water partition coefficient (Wildman–Crippen LogP) is 2.28. The molecular formula is C20H21N7O. The van der Waals surface area contributed by atoms with Crippen molar-refractivity contribution in [2.24, 2.45) is 5.73 Å². The number of fused-ring (bicyclic) bond motifs is 1. The molecule has 0 fully saturated rings. The molecule has 0 aliphatic heterocycles. The van der Waals surface area contributed by atoms with Crippen LogP contribution in [0.15, 0.2) is 48.7 Å². The van der Waals surface area contributed by atoms with E-state index >= 15 is 0 Å². The first-order chi connectivity index (χ1) is 13.7. The van der Waals surface area contributed by atoms with Crippen molar-refractivity contribution in [1.82, 2.24) is 25.5 Å². The fraction of sp³-hybridized carbons (Fsp3) is 0.150. The Labute approximate surface area is 161 Å². The highest BCUT2D eigenvalue weighted by Gasteiger charge is 2.15. The second-order valence-electron chi connectivity index (χ2n) is 6.50. The molecular weight excluding hydrogens is 354 g/mol. The maximum atomic E-state index is 12.3. The second kappa shape index (κ2) is 7.53. The molecule has 0 radical (unpaired) electrons. The van der Waals surface area contributed by atoms with Crippen molar-refractivity contribution >= 4 is 22.5 Å². The minimum atomic E-state index is -0.137. The molecule has 2 aromatic carbocycles. The molecule has 2 aromatic heterocycles. The van der Waals surface area contributed by atoms with Gasteiger partial charge in [-0.05, 0) is 43.3 Å². The monoisotopic (exact) mass is 375 g/mol. The lowest BCUT2D eigenvalue weighted by molar-refractivity contribution is 0.0953. The Bertz CT molecular complexity index is 1130. The zero-order valence-corrected chi connectivity index (χ0v) is 15.2. The molecule has 0 spiro atoms. The lowest BCUT2D eigenvalue weighted by atomic mass is 10.1. The van der Waals surface area contributed by atoms with Crippen LogP contribution in [0.25, 0.3) is 33.7 Å². The Balaban J connectivity index is 1.66. The Morgan fingerprint density at radius 2 is 2.07 bits per heavy atom. The Kier molecular flexibility index (Phi) is 4.77. The van der Waals surface area contributed by atoms with Gasteiger partial charge in [0.1, 0.15) is 5.69 Å². The molecule has 0 aliphatic carbocycles. The van der Waals surface area contributed by atoms with Crippen molar-refractivity contribution in [3.63, 3.8) is 0 Å². The molecule has 142 valence electrons. The number of hydrogen-bond donors (Lipinski definition) is 5. The van der Waals surface area contributed by atoms with Gasteiger partial charge in [0, 0.05) is 28.7 Å². The fourth-order valence-corrected chi connectivity index (χ4v) is 3.04. The van der Waals surface area contributed by atoms with Crippen LogP contribution in [0, 0.1) is 0 Å². The van der Waals surface area contributed by atoms with Crippen LogP contribution in [0.4, 0.5) is 5.69 Å². The highest BCUT2D eigenvalue weighted by molar-refractivity contribution is 6.01. The van der Waals surface area contributed by atoms with Gasteiger partial charge in [0.25, 0.3) is 5.91 Å². The van der Waals surface area contributed by atoms with E-state index in [2.05, 4.69) is 25.5 Å². The second-order valence-corrected chi connectivity index (χ2v) is 6.50. The van der Waals surface area contributed by atoms with E-state index in [9.17, 15) is 4.79 Å². The first-order valence-corrected chi connectivity index (χ1v) is 9.03. The van der Waals surface area contributed by atoms with E-state index in [1.165, 1.54) is 0 Å². The predicted molar refractivity (Wildman–Crippen MR) is 110 cm³/mol. The molecule has 0 atom stereocenters. The first-order valence-electron chi connectivity index (χ1n) is 9.03. The van der Waals surface area contributed by atoms with Gasteiger partial charge in [0.05, 0.1) is 17.4 Å². The lowest BCUT2D eigenvalue weighted by Gasteiger charge is -2.04. The summed E-state index contributed by atoms with van der Waals surface area (Å²) in [6.07, 6.45) is 2.48. The van der Waals surface area contributed by atoms with Crippen molar-refractivity contribution < 1.29 is 4.79 Å². The minimum absolute atomic E-state index is 0.137. The van der Waals surface area contributed by atoms with Crippen molar-refractivity contribution in [3.8, 4) is 22.8 Å². The van der Waals surface area contributed by atoms with Crippen LogP contribution in [0.3, 0.4) is 0 Å². The van der Waals surface area contributed by atoms with Crippen molar-refractivity contribution in [2.45, 2.75) is 6.42 Å². The summed E-state index contributed by atoms with van der Waals surface area (Å²) in [6.45, 7) is 1.09. The normalized spacial score (nSPS) is 11.0. The number of imidazole rings is 1. The summed E-state index contributed by atoms with van der Waals surface area (Å²) in [5.74, 6) is 0.478. The molecule has 0 bridgehead atoms. The molecule has 7 N–H and O–H groups in total. The highest BCUT2D eigenvalue weighted by Crippen LogP contribution is 2.28. The SMILES string of the molecule is NCCCNC(=O)c1ccc2[nH]nc(-c3ncc(-c4cccc(N)c4)[nH]3)c2c1. The molecule has 8 heteroatoms. The number of carbonyl (C=O) groups excluding carboxylic acids is 1. The summed E-state index contributed by atoms with van der Waals surface area (Å²) in [5, 5.41) is 11.0. The van der Waals surface area contributed by atoms with Gasteiger partial charge in [-0.15, -0.1) is 0 Å². The summed E-state index contributed by atoms with van der Waals surface area (Å²) in [6, 6.07) is 13.0. The standard InChI is InChI=1S/C20H21N7O/c21-7-2-8-23-20(28)13-5-6-16-15(10-13)18(27-26-16)19-24-11-17(25-19)12-3-1-4-14(22)9-12/h1,3-6,9-11H,2,7-8,21-22H2,(H,23,28)(H,24,25)(H,26,27). The topological polar surface area (TPSA) is 138 Å². The zero-order valence-electron chi connectivity index (χ0n) is 15.2. The first kappa shape index (κ1) is 17.7. The average Bonchev–Trinajstić information content (AvgIpc) is 3.34. The van der Waals surface area contributed by atoms with Gasteiger partial charge in [-0.1, -0.05) is 12.1 Å². The highest BCUT2D eigenvalue weighted by atomic mass is 16.1. The zero-order chi connectivity index (χ0) is 19.5.